The Bertz CT molecular complexity index is 364. The van der Waals surface area contributed by atoms with E-state index < -0.39 is 0 Å². The molecular weight excluding hydrogens is 487 g/mol. The van der Waals surface area contributed by atoms with Crippen LogP contribution in [0.15, 0.2) is 25.4 Å². The van der Waals surface area contributed by atoms with E-state index in [2.05, 4.69) is 77.8 Å². The van der Waals surface area contributed by atoms with Crippen LogP contribution in [0, 0.1) is 0 Å². The summed E-state index contributed by atoms with van der Waals surface area (Å²) in [4.78, 5) is 0. The molecule has 0 aliphatic carbocycles. The number of hydrogen-bond acceptors (Lipinski definition) is 1. The average Bonchev–Trinajstić information content (AvgIpc) is 2.46. The smallest absolute Gasteiger partial charge is 0.299 e. The molecule has 0 saturated carbocycles. The summed E-state index contributed by atoms with van der Waals surface area (Å²) in [6, 6.07) is 2.04. The summed E-state index contributed by atoms with van der Waals surface area (Å²) in [5.41, 5.74) is 2.19. The number of rotatable bonds is 4. The van der Waals surface area contributed by atoms with Crippen LogP contribution in [-0.2, 0) is 0 Å². The lowest BCUT2D eigenvalue weighted by Gasteiger charge is -2.05. The minimum Gasteiger partial charge on any atom is -0.299 e. The second kappa shape index (κ2) is 6.00. The molecule has 0 N–H and O–H groups in total. The lowest BCUT2D eigenvalue weighted by Crippen LogP contribution is -1.94. The van der Waals surface area contributed by atoms with Gasteiger partial charge in [-0.2, -0.15) is 0 Å². The molecule has 0 fully saturated rings. The molecule has 0 amide bonds. The second-order valence-electron chi connectivity index (χ2n) is 2.42. The Morgan fingerprint density at radius 3 is 2.71 bits per heavy atom. The van der Waals surface area contributed by atoms with E-state index in [1.165, 1.54) is 0 Å². The highest BCUT2D eigenvalue weighted by Gasteiger charge is 2.12. The van der Waals surface area contributed by atoms with E-state index in [-0.39, 0.29) is 0 Å². The van der Waals surface area contributed by atoms with Gasteiger partial charge in [0.15, 0.2) is 0 Å². The maximum absolute atomic E-state index is 3.87. The van der Waals surface area contributed by atoms with Crippen molar-refractivity contribution in [2.24, 2.45) is 0 Å². The van der Waals surface area contributed by atoms with Crippen LogP contribution in [0.4, 0.5) is 0 Å². The summed E-state index contributed by atoms with van der Waals surface area (Å²) >= 11 is 9.86. The predicted molar refractivity (Wildman–Crippen MR) is 89.3 cm³/mol. The molecule has 1 aromatic rings. The predicted octanol–water partition coefficient (Wildman–Crippen LogP) is 4.85. The van der Waals surface area contributed by atoms with Gasteiger partial charge in [0.05, 0.1) is 5.69 Å². The maximum atomic E-state index is 3.87. The Kier molecular flexibility index (Phi) is 5.65. The van der Waals surface area contributed by atoms with Crippen molar-refractivity contribution in [3.8, 4) is 0 Å². The second-order valence-corrected chi connectivity index (χ2v) is 11.0. The normalized spacial score (nSPS) is 9.93. The molecule has 0 aromatic carbocycles. The Balaban J connectivity index is 3.07. The standard InChI is InChI=1S/C8H7BBrI2NS/c1-3-8-7(6(2)10)4-5-13(8)14-9(11)12/h3-5H,1-2H2. The zero-order chi connectivity index (χ0) is 10.7. The molecule has 1 aromatic heterocycles. The molecule has 1 heterocycles. The average molecular weight is 494 g/mol. The Hall–Kier alpha value is 1.11. The van der Waals surface area contributed by atoms with Crippen LogP contribution in [-0.4, -0.2) is 5.68 Å². The van der Waals surface area contributed by atoms with Crippen LogP contribution in [0.25, 0.3) is 10.6 Å². The molecule has 0 aliphatic heterocycles. The summed E-state index contributed by atoms with van der Waals surface area (Å²) in [5.74, 6) is 0. The fourth-order valence-corrected chi connectivity index (χ4v) is 3.43. The van der Waals surface area contributed by atoms with Gasteiger partial charge in [-0.05, 0) is 12.1 Å². The molecule has 6 heteroatoms. The molecule has 0 saturated heterocycles. The van der Waals surface area contributed by atoms with E-state index in [0.717, 1.165) is 15.7 Å². The van der Waals surface area contributed by atoms with Crippen molar-refractivity contribution in [2.45, 2.75) is 0 Å². The van der Waals surface area contributed by atoms with Crippen molar-refractivity contribution in [2.75, 3.05) is 0 Å². The van der Waals surface area contributed by atoms with E-state index in [9.17, 15) is 0 Å². The quantitative estimate of drug-likeness (QED) is 0.429. The Morgan fingerprint density at radius 2 is 2.29 bits per heavy atom. The van der Waals surface area contributed by atoms with E-state index in [1.807, 2.05) is 18.3 Å². The molecular formula is C8H7BBrI2NS. The first-order valence-corrected chi connectivity index (χ1v) is 7.82. The largest absolute Gasteiger partial charge is 0.374 e. The van der Waals surface area contributed by atoms with Gasteiger partial charge < -0.3 is 0 Å². The summed E-state index contributed by atoms with van der Waals surface area (Å²) in [6.45, 7) is 7.68. The molecule has 0 radical (unpaired) electrons. The Morgan fingerprint density at radius 1 is 1.64 bits per heavy atom. The third-order valence-electron chi connectivity index (χ3n) is 1.57. The maximum Gasteiger partial charge on any atom is 0.374 e. The van der Waals surface area contributed by atoms with Gasteiger partial charge in [-0.15, -0.1) is 44.7 Å². The van der Waals surface area contributed by atoms with Gasteiger partial charge in [0, 0.05) is 16.2 Å². The third-order valence-corrected chi connectivity index (χ3v) is 4.07. The summed E-state index contributed by atoms with van der Waals surface area (Å²) in [7, 11) is 0. The Labute approximate surface area is 124 Å². The molecule has 0 spiro atoms. The van der Waals surface area contributed by atoms with Crippen LogP contribution in [0.2, 0.25) is 0 Å². The fraction of sp³-hybridized carbons (Fsp3) is 0. The van der Waals surface area contributed by atoms with Crippen LogP contribution in [0.3, 0.4) is 0 Å². The van der Waals surface area contributed by atoms with Crippen LogP contribution < -0.4 is 0 Å². The highest BCUT2D eigenvalue weighted by molar-refractivity contribution is 14.3. The van der Waals surface area contributed by atoms with E-state index >= 15 is 0 Å². The van der Waals surface area contributed by atoms with Gasteiger partial charge in [0.1, 0.15) is 0 Å². The van der Waals surface area contributed by atoms with E-state index in [0.29, 0.717) is 1.70 Å². The zero-order valence-corrected chi connectivity index (χ0v) is 13.9. The monoisotopic (exact) mass is 493 g/mol. The van der Waals surface area contributed by atoms with Crippen molar-refractivity contribution in [3.63, 3.8) is 0 Å². The molecule has 0 unspecified atom stereocenters. The highest BCUT2D eigenvalue weighted by Crippen LogP contribution is 2.30. The summed E-state index contributed by atoms with van der Waals surface area (Å²) < 4.78 is 3.50. The van der Waals surface area contributed by atoms with Gasteiger partial charge in [-0.3, -0.25) is 3.97 Å². The van der Waals surface area contributed by atoms with Gasteiger partial charge in [0.25, 0.3) is 0 Å². The number of aromatic nitrogens is 1. The first-order valence-electron chi connectivity index (χ1n) is 3.70. The van der Waals surface area contributed by atoms with Crippen molar-refractivity contribution < 1.29 is 0 Å². The highest BCUT2D eigenvalue weighted by atomic mass is 127. The lowest BCUT2D eigenvalue weighted by atomic mass is 10.2. The topological polar surface area (TPSA) is 4.93 Å². The van der Waals surface area contributed by atoms with E-state index in [1.54, 1.807) is 11.8 Å². The van der Waals surface area contributed by atoms with Crippen molar-refractivity contribution >= 4 is 84.7 Å². The van der Waals surface area contributed by atoms with Gasteiger partial charge in [-0.1, -0.05) is 40.9 Å². The van der Waals surface area contributed by atoms with Gasteiger partial charge >= 0.3 is 1.70 Å². The molecule has 0 atom stereocenters. The SMILES string of the molecule is C=Cc1c(C(=C)Br)ccn1SB(I)I. The van der Waals surface area contributed by atoms with Crippen LogP contribution in [0.1, 0.15) is 11.3 Å². The van der Waals surface area contributed by atoms with E-state index in [4.69, 9.17) is 0 Å². The molecule has 0 aliphatic rings. The molecule has 0 bridgehead atoms. The van der Waals surface area contributed by atoms with Crippen LogP contribution >= 0.6 is 72.5 Å². The molecule has 1 rings (SSSR count). The van der Waals surface area contributed by atoms with Crippen molar-refractivity contribution in [1.82, 2.24) is 3.97 Å². The fourth-order valence-electron chi connectivity index (χ4n) is 1.03. The lowest BCUT2D eigenvalue weighted by molar-refractivity contribution is 1.27. The number of hydrogen-bond donors (Lipinski definition) is 0. The summed E-state index contributed by atoms with van der Waals surface area (Å²) in [5, 5.41) is 0. The number of nitrogens with zero attached hydrogens (tertiary/aromatic N) is 1. The zero-order valence-electron chi connectivity index (χ0n) is 7.21. The van der Waals surface area contributed by atoms with Crippen molar-refractivity contribution in [3.05, 3.63) is 36.7 Å². The van der Waals surface area contributed by atoms with Gasteiger partial charge in [0.2, 0.25) is 0 Å². The molecule has 14 heavy (non-hydrogen) atoms. The van der Waals surface area contributed by atoms with Crippen molar-refractivity contribution in [1.29, 1.82) is 0 Å². The molecule has 1 nitrogen and oxygen atoms in total. The number of halogens is 3. The van der Waals surface area contributed by atoms with Crippen LogP contribution in [0.5, 0.6) is 0 Å². The van der Waals surface area contributed by atoms with Gasteiger partial charge in [-0.25, -0.2) is 0 Å². The molecule has 74 valence electrons. The minimum absolute atomic E-state index is 0.493. The third kappa shape index (κ3) is 3.31. The summed E-state index contributed by atoms with van der Waals surface area (Å²) in [6.07, 6.45) is 3.89. The first-order chi connectivity index (χ1) is 6.56. The first kappa shape index (κ1) is 13.2. The minimum atomic E-state index is 0.493.